The Morgan fingerprint density at radius 3 is 2.67 bits per heavy atom. The summed E-state index contributed by atoms with van der Waals surface area (Å²) in [5, 5.41) is 2.11. The molecule has 1 N–H and O–H groups in total. The van der Waals surface area contributed by atoms with E-state index in [1.54, 1.807) is 6.92 Å². The Balaban J connectivity index is 3.27. The third-order valence-electron chi connectivity index (χ3n) is 0.502. The van der Waals surface area contributed by atoms with E-state index in [-0.39, 0.29) is 0 Å². The first kappa shape index (κ1) is 8.85. The Hall–Kier alpha value is -0.150. The van der Waals surface area contributed by atoms with Crippen molar-refractivity contribution in [1.82, 2.24) is 5.32 Å². The fraction of sp³-hybridized carbons (Fsp3) is 0.750. The molecular weight excluding hydrogens is 165 g/mol. The van der Waals surface area contributed by atoms with Gasteiger partial charge in [0.15, 0.2) is 4.96 Å². The van der Waals surface area contributed by atoms with Crippen molar-refractivity contribution in [2.75, 3.05) is 6.61 Å². The zero-order chi connectivity index (χ0) is 7.28. The van der Waals surface area contributed by atoms with Crippen molar-refractivity contribution in [2.24, 2.45) is 0 Å². The number of halogens is 2. The van der Waals surface area contributed by atoms with E-state index in [1.807, 2.05) is 0 Å². The molecule has 0 aliphatic rings. The standard InChI is InChI=1S/C4H7Cl2NO2/c1-2-9-4(8)7-3(5)6/h3H,2H2,1H3,(H,7,8). The van der Waals surface area contributed by atoms with Gasteiger partial charge in [0, 0.05) is 0 Å². The van der Waals surface area contributed by atoms with Gasteiger partial charge in [0.2, 0.25) is 0 Å². The van der Waals surface area contributed by atoms with Crippen molar-refractivity contribution in [3.8, 4) is 0 Å². The number of rotatable bonds is 2. The van der Waals surface area contributed by atoms with Crippen molar-refractivity contribution in [3.63, 3.8) is 0 Å². The highest BCUT2D eigenvalue weighted by molar-refractivity contribution is 6.44. The maximum absolute atomic E-state index is 10.4. The van der Waals surface area contributed by atoms with Crippen LogP contribution < -0.4 is 5.32 Å². The van der Waals surface area contributed by atoms with Gasteiger partial charge in [-0.1, -0.05) is 23.2 Å². The number of carbonyl (C=O) groups excluding carboxylic acids is 1. The number of amides is 1. The van der Waals surface area contributed by atoms with E-state index < -0.39 is 11.1 Å². The van der Waals surface area contributed by atoms with Crippen LogP contribution >= 0.6 is 23.2 Å². The monoisotopic (exact) mass is 171 g/mol. The van der Waals surface area contributed by atoms with Gasteiger partial charge in [0.05, 0.1) is 6.61 Å². The largest absolute Gasteiger partial charge is 0.450 e. The summed E-state index contributed by atoms with van der Waals surface area (Å²) in [6.07, 6.45) is -0.604. The van der Waals surface area contributed by atoms with Gasteiger partial charge < -0.3 is 4.74 Å². The Morgan fingerprint density at radius 2 is 2.33 bits per heavy atom. The van der Waals surface area contributed by atoms with E-state index >= 15 is 0 Å². The zero-order valence-electron chi connectivity index (χ0n) is 4.86. The molecule has 0 saturated heterocycles. The average molecular weight is 172 g/mol. The highest BCUT2D eigenvalue weighted by Crippen LogP contribution is 1.95. The molecular formula is C4H7Cl2NO2. The van der Waals surface area contributed by atoms with E-state index in [0.29, 0.717) is 6.61 Å². The lowest BCUT2D eigenvalue weighted by atomic mass is 10.9. The minimum atomic E-state index is -0.899. The zero-order valence-corrected chi connectivity index (χ0v) is 6.37. The third-order valence-corrected chi connectivity index (χ3v) is 0.721. The summed E-state index contributed by atoms with van der Waals surface area (Å²) in [4.78, 5) is 9.45. The molecule has 1 amide bonds. The summed E-state index contributed by atoms with van der Waals surface area (Å²) in [7, 11) is 0. The van der Waals surface area contributed by atoms with Gasteiger partial charge in [0.1, 0.15) is 0 Å². The molecule has 0 heterocycles. The normalized spacial score (nSPS) is 9.33. The quantitative estimate of drug-likeness (QED) is 0.506. The Kier molecular flexibility index (Phi) is 4.62. The molecule has 0 aliphatic heterocycles. The molecule has 0 fully saturated rings. The number of alkyl carbamates (subject to hydrolysis) is 1. The van der Waals surface area contributed by atoms with Gasteiger partial charge in [0.25, 0.3) is 0 Å². The van der Waals surface area contributed by atoms with Gasteiger partial charge in [-0.05, 0) is 6.92 Å². The first-order valence-electron chi connectivity index (χ1n) is 2.38. The maximum Gasteiger partial charge on any atom is 0.409 e. The van der Waals surface area contributed by atoms with E-state index in [4.69, 9.17) is 23.2 Å². The second-order valence-electron chi connectivity index (χ2n) is 1.17. The van der Waals surface area contributed by atoms with E-state index in [1.165, 1.54) is 0 Å². The van der Waals surface area contributed by atoms with Gasteiger partial charge in [-0.2, -0.15) is 0 Å². The lowest BCUT2D eigenvalue weighted by molar-refractivity contribution is 0.153. The average Bonchev–Trinajstić information content (AvgIpc) is 1.63. The number of carbonyl (C=O) groups is 1. The molecule has 0 aromatic carbocycles. The van der Waals surface area contributed by atoms with Crippen LogP contribution in [0.25, 0.3) is 0 Å². The fourth-order valence-corrected chi connectivity index (χ4v) is 0.440. The topological polar surface area (TPSA) is 38.3 Å². The molecule has 0 radical (unpaired) electrons. The molecule has 0 bridgehead atoms. The first-order chi connectivity index (χ1) is 4.16. The van der Waals surface area contributed by atoms with Crippen LogP contribution in [0.1, 0.15) is 6.92 Å². The van der Waals surface area contributed by atoms with Crippen molar-refractivity contribution < 1.29 is 9.53 Å². The molecule has 5 heteroatoms. The lowest BCUT2D eigenvalue weighted by Crippen LogP contribution is -2.27. The van der Waals surface area contributed by atoms with Crippen molar-refractivity contribution in [1.29, 1.82) is 0 Å². The molecule has 0 saturated carbocycles. The van der Waals surface area contributed by atoms with Crippen LogP contribution in [-0.4, -0.2) is 17.7 Å². The lowest BCUT2D eigenvalue weighted by Gasteiger charge is -2.03. The Labute approximate surface area is 63.3 Å². The van der Waals surface area contributed by atoms with Crippen LogP contribution in [-0.2, 0) is 4.74 Å². The third kappa shape index (κ3) is 5.73. The second kappa shape index (κ2) is 4.70. The van der Waals surface area contributed by atoms with E-state index in [9.17, 15) is 4.79 Å². The molecule has 3 nitrogen and oxygen atoms in total. The van der Waals surface area contributed by atoms with Crippen molar-refractivity contribution >= 4 is 29.3 Å². The van der Waals surface area contributed by atoms with Crippen molar-refractivity contribution in [2.45, 2.75) is 11.9 Å². The first-order valence-corrected chi connectivity index (χ1v) is 3.25. The smallest absolute Gasteiger partial charge is 0.409 e. The van der Waals surface area contributed by atoms with Gasteiger partial charge in [-0.3, -0.25) is 5.32 Å². The molecule has 0 unspecified atom stereocenters. The number of nitrogens with one attached hydrogen (secondary N) is 1. The summed E-state index contributed by atoms with van der Waals surface area (Å²) < 4.78 is 4.43. The number of ether oxygens (including phenoxy) is 1. The SMILES string of the molecule is CCOC(=O)NC(Cl)Cl. The van der Waals surface area contributed by atoms with Crippen LogP contribution in [0.5, 0.6) is 0 Å². The molecule has 0 spiro atoms. The van der Waals surface area contributed by atoms with Crippen LogP contribution in [0.4, 0.5) is 4.79 Å². The van der Waals surface area contributed by atoms with E-state index in [0.717, 1.165) is 0 Å². The maximum atomic E-state index is 10.4. The highest BCUT2D eigenvalue weighted by atomic mass is 35.5. The Bertz CT molecular complexity index is 96.6. The van der Waals surface area contributed by atoms with Crippen LogP contribution in [0.2, 0.25) is 0 Å². The Morgan fingerprint density at radius 1 is 1.78 bits per heavy atom. The summed E-state index contributed by atoms with van der Waals surface area (Å²) in [6, 6.07) is 0. The van der Waals surface area contributed by atoms with Crippen LogP contribution in [0, 0.1) is 0 Å². The second-order valence-corrected chi connectivity index (χ2v) is 2.26. The number of alkyl halides is 2. The molecule has 0 rings (SSSR count). The minimum Gasteiger partial charge on any atom is -0.450 e. The summed E-state index contributed by atoms with van der Waals surface area (Å²) >= 11 is 10.3. The molecule has 0 aromatic rings. The fourth-order valence-electron chi connectivity index (χ4n) is 0.262. The van der Waals surface area contributed by atoms with Gasteiger partial charge in [-0.15, -0.1) is 0 Å². The van der Waals surface area contributed by atoms with E-state index in [2.05, 4.69) is 10.1 Å². The minimum absolute atomic E-state index is 0.312. The molecule has 0 atom stereocenters. The highest BCUT2D eigenvalue weighted by Gasteiger charge is 2.03. The predicted molar refractivity (Wildman–Crippen MR) is 35.7 cm³/mol. The van der Waals surface area contributed by atoms with Crippen molar-refractivity contribution in [3.05, 3.63) is 0 Å². The molecule has 0 aliphatic carbocycles. The summed E-state index contributed by atoms with van der Waals surface area (Å²) in [6.45, 7) is 2.00. The number of hydrogen-bond donors (Lipinski definition) is 1. The molecule has 9 heavy (non-hydrogen) atoms. The summed E-state index contributed by atoms with van der Waals surface area (Å²) in [5.41, 5.74) is 0. The van der Waals surface area contributed by atoms with Gasteiger partial charge in [-0.25, -0.2) is 4.79 Å². The van der Waals surface area contributed by atoms with Gasteiger partial charge >= 0.3 is 6.09 Å². The van der Waals surface area contributed by atoms with Crippen LogP contribution in [0.3, 0.4) is 0 Å². The predicted octanol–water partition coefficient (Wildman–Crippen LogP) is 1.49. The molecule has 54 valence electrons. The van der Waals surface area contributed by atoms with Crippen LogP contribution in [0.15, 0.2) is 0 Å². The number of hydrogen-bond acceptors (Lipinski definition) is 2. The summed E-state index contributed by atoms with van der Waals surface area (Å²) in [5.74, 6) is 0. The molecule has 0 aromatic heterocycles.